The number of hydrogen-bond donors (Lipinski definition) is 3. The topological polar surface area (TPSA) is 98.3 Å². The zero-order chi connectivity index (χ0) is 31.4. The van der Waals surface area contributed by atoms with E-state index in [9.17, 15) is 9.90 Å². The third kappa shape index (κ3) is 13.4. The molecule has 0 amide bonds. The van der Waals surface area contributed by atoms with Crippen LogP contribution in [-0.2, 0) is 40.6 Å². The Morgan fingerprint density at radius 1 is 0.614 bits per heavy atom. The van der Waals surface area contributed by atoms with Crippen molar-refractivity contribution in [2.45, 2.75) is 45.3 Å². The molecule has 8 nitrogen and oxygen atoms in total. The van der Waals surface area contributed by atoms with Gasteiger partial charge in [0.05, 0.1) is 40.6 Å². The third-order valence-corrected chi connectivity index (χ3v) is 6.70. The summed E-state index contributed by atoms with van der Waals surface area (Å²) in [6, 6.07) is 35.1. The van der Waals surface area contributed by atoms with Crippen molar-refractivity contribution >= 4 is 5.97 Å². The average Bonchev–Trinajstić information content (AvgIpc) is 3.07. The van der Waals surface area contributed by atoms with E-state index in [4.69, 9.17) is 18.9 Å². The maximum Gasteiger partial charge on any atom is 0.323 e. The molecular weight excluding hydrogens is 556 g/mol. The molecule has 0 fully saturated rings. The molecule has 44 heavy (non-hydrogen) atoms. The highest BCUT2D eigenvalue weighted by Crippen LogP contribution is 2.12. The molecular formula is C36H44N2O6. The van der Waals surface area contributed by atoms with E-state index in [1.807, 2.05) is 84.9 Å². The first-order valence-electron chi connectivity index (χ1n) is 14.7. The van der Waals surface area contributed by atoms with Gasteiger partial charge in [-0.05, 0) is 53.4 Å². The SMILES string of the molecule is COc1ccc(CN[C@@H](COCc2ccccc2)C(=O)O)cc1.COc1ccc(CN[C@H](C)COCc2ccccc2)cc1. The van der Waals surface area contributed by atoms with Crippen LogP contribution in [-0.4, -0.2) is 50.6 Å². The van der Waals surface area contributed by atoms with Gasteiger partial charge < -0.3 is 29.4 Å². The summed E-state index contributed by atoms with van der Waals surface area (Å²) in [5.41, 5.74) is 4.46. The highest BCUT2D eigenvalue weighted by atomic mass is 16.5. The molecule has 0 aliphatic rings. The molecule has 0 bridgehead atoms. The third-order valence-electron chi connectivity index (χ3n) is 6.70. The van der Waals surface area contributed by atoms with Crippen LogP contribution in [0.5, 0.6) is 11.5 Å². The first-order valence-corrected chi connectivity index (χ1v) is 14.7. The lowest BCUT2D eigenvalue weighted by atomic mass is 10.2. The monoisotopic (exact) mass is 600 g/mol. The Kier molecular flexibility index (Phi) is 15.5. The molecule has 8 heteroatoms. The van der Waals surface area contributed by atoms with Crippen LogP contribution < -0.4 is 20.1 Å². The molecule has 2 atom stereocenters. The number of rotatable bonds is 17. The lowest BCUT2D eigenvalue weighted by Gasteiger charge is -2.15. The second-order valence-electron chi connectivity index (χ2n) is 10.3. The number of nitrogens with one attached hydrogen (secondary N) is 2. The largest absolute Gasteiger partial charge is 0.497 e. The predicted octanol–water partition coefficient (Wildman–Crippen LogP) is 5.84. The fraction of sp³-hybridized carbons (Fsp3) is 0.306. The van der Waals surface area contributed by atoms with Crippen LogP contribution in [0.2, 0.25) is 0 Å². The van der Waals surface area contributed by atoms with E-state index in [-0.39, 0.29) is 6.61 Å². The number of carbonyl (C=O) groups is 1. The fourth-order valence-electron chi connectivity index (χ4n) is 4.09. The molecule has 0 unspecified atom stereocenters. The lowest BCUT2D eigenvalue weighted by Crippen LogP contribution is -2.40. The summed E-state index contributed by atoms with van der Waals surface area (Å²) < 4.78 is 21.5. The van der Waals surface area contributed by atoms with E-state index < -0.39 is 12.0 Å². The summed E-state index contributed by atoms with van der Waals surface area (Å²) in [7, 11) is 3.29. The summed E-state index contributed by atoms with van der Waals surface area (Å²) in [6.45, 7) is 5.29. The van der Waals surface area contributed by atoms with Crippen molar-refractivity contribution in [2.24, 2.45) is 0 Å². The lowest BCUT2D eigenvalue weighted by molar-refractivity contribution is -0.141. The number of carboxylic acids is 1. The summed E-state index contributed by atoms with van der Waals surface area (Å²) >= 11 is 0. The highest BCUT2D eigenvalue weighted by molar-refractivity contribution is 5.73. The highest BCUT2D eigenvalue weighted by Gasteiger charge is 2.17. The van der Waals surface area contributed by atoms with Crippen molar-refractivity contribution in [1.82, 2.24) is 10.6 Å². The van der Waals surface area contributed by atoms with Gasteiger partial charge in [0.15, 0.2) is 0 Å². The van der Waals surface area contributed by atoms with E-state index in [1.54, 1.807) is 14.2 Å². The van der Waals surface area contributed by atoms with Crippen molar-refractivity contribution in [3.05, 3.63) is 131 Å². The summed E-state index contributed by atoms with van der Waals surface area (Å²) in [6.07, 6.45) is 0. The van der Waals surface area contributed by atoms with Gasteiger partial charge in [-0.25, -0.2) is 0 Å². The fourth-order valence-corrected chi connectivity index (χ4v) is 4.09. The molecule has 0 aliphatic heterocycles. The zero-order valence-corrected chi connectivity index (χ0v) is 25.8. The molecule has 0 saturated heterocycles. The van der Waals surface area contributed by atoms with Crippen molar-refractivity contribution in [1.29, 1.82) is 0 Å². The minimum Gasteiger partial charge on any atom is -0.497 e. The molecule has 4 rings (SSSR count). The number of ether oxygens (including phenoxy) is 4. The second kappa shape index (κ2) is 19.9. The molecule has 4 aromatic rings. The summed E-state index contributed by atoms with van der Waals surface area (Å²) in [5.74, 6) is 0.735. The predicted molar refractivity (Wildman–Crippen MR) is 173 cm³/mol. The number of carboxylic acid groups (broad SMARTS) is 1. The van der Waals surface area contributed by atoms with Gasteiger partial charge in [-0.1, -0.05) is 84.9 Å². The zero-order valence-electron chi connectivity index (χ0n) is 25.8. The number of benzene rings is 4. The second-order valence-corrected chi connectivity index (χ2v) is 10.3. The summed E-state index contributed by atoms with van der Waals surface area (Å²) in [5, 5.41) is 15.7. The first kappa shape index (κ1) is 34.3. The van der Waals surface area contributed by atoms with Crippen LogP contribution in [0.3, 0.4) is 0 Å². The Morgan fingerprint density at radius 3 is 1.48 bits per heavy atom. The van der Waals surface area contributed by atoms with Gasteiger partial charge in [0.1, 0.15) is 17.5 Å². The number of hydrogen-bond acceptors (Lipinski definition) is 7. The molecule has 4 aromatic carbocycles. The van der Waals surface area contributed by atoms with E-state index in [1.165, 1.54) is 11.1 Å². The van der Waals surface area contributed by atoms with Crippen LogP contribution in [0.1, 0.15) is 29.2 Å². The summed E-state index contributed by atoms with van der Waals surface area (Å²) in [4.78, 5) is 11.3. The van der Waals surface area contributed by atoms with Crippen molar-refractivity contribution < 1.29 is 28.8 Å². The van der Waals surface area contributed by atoms with Gasteiger partial charge in [0.25, 0.3) is 0 Å². The Bertz CT molecular complexity index is 1320. The van der Waals surface area contributed by atoms with Crippen LogP contribution >= 0.6 is 0 Å². The molecule has 3 N–H and O–H groups in total. The van der Waals surface area contributed by atoms with E-state index in [2.05, 4.69) is 41.8 Å². The van der Waals surface area contributed by atoms with Gasteiger partial charge in [-0.3, -0.25) is 10.1 Å². The van der Waals surface area contributed by atoms with Gasteiger partial charge in [0.2, 0.25) is 0 Å². The normalized spacial score (nSPS) is 12.0. The van der Waals surface area contributed by atoms with E-state index in [0.717, 1.165) is 29.2 Å². The Balaban J connectivity index is 0.000000241. The van der Waals surface area contributed by atoms with Crippen LogP contribution in [0.25, 0.3) is 0 Å². The minimum absolute atomic E-state index is 0.111. The maximum atomic E-state index is 11.3. The van der Waals surface area contributed by atoms with E-state index >= 15 is 0 Å². The van der Waals surface area contributed by atoms with E-state index in [0.29, 0.717) is 32.4 Å². The molecule has 0 saturated carbocycles. The molecule has 0 aromatic heterocycles. The Labute approximate surface area is 260 Å². The first-order chi connectivity index (χ1) is 21.5. The Hall–Kier alpha value is -4.21. The smallest absolute Gasteiger partial charge is 0.323 e. The van der Waals surface area contributed by atoms with Crippen LogP contribution in [0, 0.1) is 0 Å². The van der Waals surface area contributed by atoms with Gasteiger partial charge in [0, 0.05) is 19.1 Å². The van der Waals surface area contributed by atoms with Gasteiger partial charge >= 0.3 is 5.97 Å². The standard InChI is InChI=1S/C18H21NO4.C18H23NO2/c1-22-16-9-7-14(8-10-16)11-19-17(18(20)21)13-23-12-15-5-3-2-4-6-15;1-15(13-21-14-17-6-4-3-5-7-17)19-12-16-8-10-18(20-2)11-9-16/h2-10,17,19H,11-13H2,1H3,(H,20,21);3-11,15,19H,12-14H2,1-2H3/t17-;15-/m01/s1. The van der Waals surface area contributed by atoms with Crippen molar-refractivity contribution in [2.75, 3.05) is 27.4 Å². The van der Waals surface area contributed by atoms with Crippen molar-refractivity contribution in [3.8, 4) is 11.5 Å². The average molecular weight is 601 g/mol. The van der Waals surface area contributed by atoms with Crippen LogP contribution in [0.15, 0.2) is 109 Å². The number of aliphatic carboxylic acids is 1. The molecule has 0 aliphatic carbocycles. The molecule has 0 spiro atoms. The molecule has 0 radical (unpaired) electrons. The quantitative estimate of drug-likeness (QED) is 0.139. The minimum atomic E-state index is -0.924. The van der Waals surface area contributed by atoms with Crippen molar-refractivity contribution in [3.63, 3.8) is 0 Å². The molecule has 0 heterocycles. The molecule has 234 valence electrons. The van der Waals surface area contributed by atoms with Gasteiger partial charge in [-0.15, -0.1) is 0 Å². The van der Waals surface area contributed by atoms with Gasteiger partial charge in [-0.2, -0.15) is 0 Å². The number of methoxy groups -OCH3 is 2. The Morgan fingerprint density at radius 2 is 1.05 bits per heavy atom. The maximum absolute atomic E-state index is 11.3. The van der Waals surface area contributed by atoms with Crippen LogP contribution in [0.4, 0.5) is 0 Å².